The van der Waals surface area contributed by atoms with Crippen molar-refractivity contribution in [2.75, 3.05) is 6.61 Å². The number of fused-ring (bicyclic) bond motifs is 1. The Hall–Kier alpha value is -3.63. The number of benzene rings is 4. The Bertz CT molecular complexity index is 1300. The summed E-state index contributed by atoms with van der Waals surface area (Å²) in [7, 11) is 0. The molecule has 0 fully saturated rings. The molecule has 0 heterocycles. The Labute approximate surface area is 194 Å². The van der Waals surface area contributed by atoms with Gasteiger partial charge in [0.2, 0.25) is 0 Å². The standard InChI is InChI=1S/C29H29NO3/c1-4-33-25-10-7-9-22(16-25)20(3)30-18-21-14-23-8-5-6-11-26(23)28(15-21)24-13-12-19(2)27(17-24)29(31)32/h5-17,20,30H,4,18H2,1-3H3,(H,31,32)/t20-/m1/s1. The smallest absolute Gasteiger partial charge is 0.335 e. The molecular formula is C29H29NO3. The summed E-state index contributed by atoms with van der Waals surface area (Å²) in [5, 5.41) is 15.5. The lowest BCUT2D eigenvalue weighted by Crippen LogP contribution is -2.18. The lowest BCUT2D eigenvalue weighted by atomic mass is 9.93. The molecular weight excluding hydrogens is 410 g/mol. The number of rotatable bonds is 8. The van der Waals surface area contributed by atoms with Crippen molar-refractivity contribution >= 4 is 16.7 Å². The van der Waals surface area contributed by atoms with Crippen LogP contribution in [0.25, 0.3) is 21.9 Å². The van der Waals surface area contributed by atoms with Crippen LogP contribution in [-0.2, 0) is 6.54 Å². The van der Waals surface area contributed by atoms with Gasteiger partial charge in [-0.2, -0.15) is 0 Å². The zero-order chi connectivity index (χ0) is 23.4. The first-order valence-electron chi connectivity index (χ1n) is 11.3. The summed E-state index contributed by atoms with van der Waals surface area (Å²) in [6, 6.07) is 26.6. The highest BCUT2D eigenvalue weighted by molar-refractivity contribution is 5.99. The van der Waals surface area contributed by atoms with Gasteiger partial charge in [-0.25, -0.2) is 4.79 Å². The van der Waals surface area contributed by atoms with Crippen molar-refractivity contribution in [3.8, 4) is 16.9 Å². The quantitative estimate of drug-likeness (QED) is 0.318. The molecule has 0 unspecified atom stereocenters. The third-order valence-corrected chi connectivity index (χ3v) is 5.98. The fourth-order valence-corrected chi connectivity index (χ4v) is 4.16. The van der Waals surface area contributed by atoms with Gasteiger partial charge in [0.25, 0.3) is 0 Å². The summed E-state index contributed by atoms with van der Waals surface area (Å²) in [6.45, 7) is 7.29. The van der Waals surface area contributed by atoms with E-state index in [-0.39, 0.29) is 6.04 Å². The average molecular weight is 440 g/mol. The molecule has 0 spiro atoms. The molecule has 168 valence electrons. The van der Waals surface area contributed by atoms with E-state index in [1.54, 1.807) is 6.07 Å². The Morgan fingerprint density at radius 3 is 2.61 bits per heavy atom. The summed E-state index contributed by atoms with van der Waals surface area (Å²) in [4.78, 5) is 11.7. The number of nitrogens with one attached hydrogen (secondary N) is 1. The number of hydrogen-bond acceptors (Lipinski definition) is 3. The summed E-state index contributed by atoms with van der Waals surface area (Å²) in [5.74, 6) is -0.0233. The molecule has 0 aromatic heterocycles. The van der Waals surface area contributed by atoms with E-state index >= 15 is 0 Å². The van der Waals surface area contributed by atoms with E-state index in [1.807, 2.05) is 50.2 Å². The van der Waals surface area contributed by atoms with Crippen LogP contribution in [0.2, 0.25) is 0 Å². The van der Waals surface area contributed by atoms with E-state index < -0.39 is 5.97 Å². The lowest BCUT2D eigenvalue weighted by Gasteiger charge is -2.17. The number of carboxylic acids is 1. The molecule has 4 aromatic carbocycles. The molecule has 0 amide bonds. The minimum absolute atomic E-state index is 0.151. The van der Waals surface area contributed by atoms with Crippen LogP contribution in [-0.4, -0.2) is 17.7 Å². The molecule has 1 atom stereocenters. The van der Waals surface area contributed by atoms with Gasteiger partial charge >= 0.3 is 5.97 Å². The molecule has 4 nitrogen and oxygen atoms in total. The van der Waals surface area contributed by atoms with Crippen LogP contribution in [0.4, 0.5) is 0 Å². The SMILES string of the molecule is CCOc1cccc([C@@H](C)NCc2cc(-c3ccc(C)c(C(=O)O)c3)c3ccccc3c2)c1. The highest BCUT2D eigenvalue weighted by Crippen LogP contribution is 2.32. The Kier molecular flexibility index (Phi) is 6.76. The predicted molar refractivity (Wildman–Crippen MR) is 134 cm³/mol. The van der Waals surface area contributed by atoms with Crippen molar-refractivity contribution in [3.05, 3.63) is 101 Å². The summed E-state index contributed by atoms with van der Waals surface area (Å²) >= 11 is 0. The van der Waals surface area contributed by atoms with Crippen molar-refractivity contribution < 1.29 is 14.6 Å². The van der Waals surface area contributed by atoms with Crippen molar-refractivity contribution in [1.29, 1.82) is 0 Å². The highest BCUT2D eigenvalue weighted by Gasteiger charge is 2.13. The molecule has 0 saturated heterocycles. The molecule has 4 heteroatoms. The largest absolute Gasteiger partial charge is 0.494 e. The van der Waals surface area contributed by atoms with E-state index in [1.165, 1.54) is 5.56 Å². The third kappa shape index (κ3) is 5.07. The number of carbonyl (C=O) groups is 1. The molecule has 0 bridgehead atoms. The Morgan fingerprint density at radius 2 is 1.82 bits per heavy atom. The van der Waals surface area contributed by atoms with Gasteiger partial charge in [0.1, 0.15) is 5.75 Å². The monoisotopic (exact) mass is 439 g/mol. The highest BCUT2D eigenvalue weighted by atomic mass is 16.5. The van der Waals surface area contributed by atoms with Gasteiger partial charge in [-0.1, -0.05) is 48.5 Å². The van der Waals surface area contributed by atoms with Gasteiger partial charge in [-0.15, -0.1) is 0 Å². The fraction of sp³-hybridized carbons (Fsp3) is 0.207. The number of ether oxygens (including phenoxy) is 1. The third-order valence-electron chi connectivity index (χ3n) is 5.98. The average Bonchev–Trinajstić information content (AvgIpc) is 2.82. The number of carboxylic acid groups (broad SMARTS) is 1. The van der Waals surface area contributed by atoms with Crippen molar-refractivity contribution in [2.24, 2.45) is 0 Å². The molecule has 0 saturated carbocycles. The Balaban J connectivity index is 1.65. The summed E-state index contributed by atoms with van der Waals surface area (Å²) in [6.07, 6.45) is 0. The van der Waals surface area contributed by atoms with E-state index in [9.17, 15) is 9.90 Å². The zero-order valence-electron chi connectivity index (χ0n) is 19.3. The van der Waals surface area contributed by atoms with Crippen LogP contribution in [0.3, 0.4) is 0 Å². The van der Waals surface area contributed by atoms with E-state index in [4.69, 9.17) is 4.74 Å². The number of hydrogen-bond donors (Lipinski definition) is 2. The van der Waals surface area contributed by atoms with Crippen molar-refractivity contribution in [2.45, 2.75) is 33.4 Å². The summed E-state index contributed by atoms with van der Waals surface area (Å²) in [5.41, 5.74) is 5.37. The summed E-state index contributed by atoms with van der Waals surface area (Å²) < 4.78 is 5.64. The molecule has 0 aliphatic carbocycles. The number of aryl methyl sites for hydroxylation is 1. The first kappa shape index (κ1) is 22.6. The fourth-order valence-electron chi connectivity index (χ4n) is 4.16. The molecule has 0 aliphatic heterocycles. The van der Waals surface area contributed by atoms with Crippen molar-refractivity contribution in [1.82, 2.24) is 5.32 Å². The Morgan fingerprint density at radius 1 is 1.00 bits per heavy atom. The maximum absolute atomic E-state index is 11.7. The molecule has 0 radical (unpaired) electrons. The predicted octanol–water partition coefficient (Wildman–Crippen LogP) is 6.76. The van der Waals surface area contributed by atoms with Crippen LogP contribution in [0.15, 0.2) is 78.9 Å². The van der Waals surface area contributed by atoms with E-state index in [0.29, 0.717) is 18.7 Å². The van der Waals surface area contributed by atoms with Crippen LogP contribution in [0, 0.1) is 6.92 Å². The maximum atomic E-state index is 11.7. The molecule has 2 N–H and O–H groups in total. The molecule has 4 aromatic rings. The van der Waals surface area contributed by atoms with Gasteiger partial charge in [0.15, 0.2) is 0 Å². The van der Waals surface area contributed by atoms with Gasteiger partial charge in [-0.3, -0.25) is 0 Å². The zero-order valence-corrected chi connectivity index (χ0v) is 19.3. The molecule has 33 heavy (non-hydrogen) atoms. The first-order chi connectivity index (χ1) is 16.0. The van der Waals surface area contributed by atoms with E-state index in [2.05, 4.69) is 48.6 Å². The topological polar surface area (TPSA) is 58.6 Å². The van der Waals surface area contributed by atoms with Gasteiger partial charge in [0.05, 0.1) is 12.2 Å². The minimum atomic E-state index is -0.903. The minimum Gasteiger partial charge on any atom is -0.494 e. The van der Waals surface area contributed by atoms with Crippen LogP contribution in [0.5, 0.6) is 5.75 Å². The van der Waals surface area contributed by atoms with Crippen LogP contribution < -0.4 is 10.1 Å². The van der Waals surface area contributed by atoms with Crippen molar-refractivity contribution in [3.63, 3.8) is 0 Å². The first-order valence-corrected chi connectivity index (χ1v) is 11.3. The normalized spacial score (nSPS) is 12.0. The van der Waals surface area contributed by atoms with Gasteiger partial charge < -0.3 is 15.2 Å². The molecule has 4 rings (SSSR count). The second-order valence-corrected chi connectivity index (χ2v) is 8.31. The lowest BCUT2D eigenvalue weighted by molar-refractivity contribution is 0.0696. The van der Waals surface area contributed by atoms with Crippen LogP contribution >= 0.6 is 0 Å². The molecule has 0 aliphatic rings. The second-order valence-electron chi connectivity index (χ2n) is 8.31. The van der Waals surface area contributed by atoms with E-state index in [0.717, 1.165) is 38.8 Å². The number of aromatic carboxylic acids is 1. The van der Waals surface area contributed by atoms with Gasteiger partial charge in [-0.05, 0) is 89.7 Å². The van der Waals surface area contributed by atoms with Crippen LogP contribution in [0.1, 0.15) is 46.9 Å². The second kappa shape index (κ2) is 9.88. The maximum Gasteiger partial charge on any atom is 0.335 e. The van der Waals surface area contributed by atoms with Gasteiger partial charge in [0, 0.05) is 12.6 Å².